The van der Waals surface area contributed by atoms with E-state index in [1.807, 2.05) is 76.0 Å². The number of H-pyrrole nitrogens is 1. The van der Waals surface area contributed by atoms with Crippen molar-refractivity contribution >= 4 is 6.08 Å². The number of nitrogens with zero attached hydrogens (tertiary/aromatic N) is 2. The van der Waals surface area contributed by atoms with Gasteiger partial charge in [-0.1, -0.05) is 12.2 Å². The molecule has 1 aliphatic heterocycles. The van der Waals surface area contributed by atoms with Crippen LogP contribution in [0.15, 0.2) is 21.9 Å². The molecule has 2 saturated carbocycles. The fourth-order valence-corrected chi connectivity index (χ4v) is 2.24. The maximum atomic E-state index is 12.1. The first kappa shape index (κ1) is 18.3. The minimum Gasteiger partial charge on any atom is -0.321 e. The zero-order chi connectivity index (χ0) is 15.2. The number of allylic oxidation sites excluding steroid dienone is 1. The molecule has 23 heavy (non-hydrogen) atoms. The van der Waals surface area contributed by atoms with E-state index in [0.29, 0.717) is 24.1 Å². The summed E-state index contributed by atoms with van der Waals surface area (Å²) in [5.74, 6) is 1.02. The molecule has 5 heteroatoms. The van der Waals surface area contributed by atoms with Gasteiger partial charge in [0.05, 0.1) is 6.54 Å². The Morgan fingerprint density at radius 3 is 2.30 bits per heavy atom. The summed E-state index contributed by atoms with van der Waals surface area (Å²) in [7, 11) is 0. The third-order valence-corrected chi connectivity index (χ3v) is 3.33. The Labute approximate surface area is 148 Å². The molecule has 4 rings (SSSR count). The SMILES string of the molecule is O=c1/c(=C/[C]2[CH][CH][CH][CH]2)[nH]c2n1CC=CCN=2.[CH]1[CH][CH][CH][CH]1.[Fe+2]. The Hall–Kier alpha value is -1.06. The summed E-state index contributed by atoms with van der Waals surface area (Å²) in [5, 5.41) is 0.588. The number of nitrogens with one attached hydrogen (secondary N) is 1. The Kier molecular flexibility index (Phi) is 7.38. The van der Waals surface area contributed by atoms with Gasteiger partial charge in [0.2, 0.25) is 5.62 Å². The van der Waals surface area contributed by atoms with Crippen LogP contribution in [-0.2, 0) is 23.6 Å². The maximum Gasteiger partial charge on any atom is 2.00 e. The van der Waals surface area contributed by atoms with Crippen LogP contribution in [0.5, 0.6) is 0 Å². The van der Waals surface area contributed by atoms with Crippen LogP contribution >= 0.6 is 0 Å². The second-order valence-corrected chi connectivity index (χ2v) is 4.91. The molecule has 4 nitrogen and oxygen atoms in total. The predicted molar refractivity (Wildman–Crippen MR) is 86.2 cm³/mol. The number of aromatic amines is 1. The topological polar surface area (TPSA) is 50.1 Å². The van der Waals surface area contributed by atoms with Crippen molar-refractivity contribution in [3.05, 3.63) is 97.2 Å². The molecule has 1 aromatic heterocycles. The zero-order valence-electron chi connectivity index (χ0n) is 12.5. The van der Waals surface area contributed by atoms with Crippen molar-refractivity contribution in [3.63, 3.8) is 0 Å². The fraction of sp³-hybridized carbons (Fsp3) is 0.111. The summed E-state index contributed by atoms with van der Waals surface area (Å²) in [6.45, 7) is 1.21. The van der Waals surface area contributed by atoms with Gasteiger partial charge in [-0.2, -0.15) is 0 Å². The fourth-order valence-electron chi connectivity index (χ4n) is 2.24. The molecule has 10 radical (unpaired) electrons. The molecule has 1 aromatic rings. The van der Waals surface area contributed by atoms with E-state index in [-0.39, 0.29) is 22.6 Å². The molecule has 0 spiro atoms. The van der Waals surface area contributed by atoms with E-state index < -0.39 is 0 Å². The van der Waals surface area contributed by atoms with Crippen molar-refractivity contribution in [2.75, 3.05) is 6.54 Å². The molecule has 0 aromatic carbocycles. The third-order valence-electron chi connectivity index (χ3n) is 3.33. The number of aromatic nitrogens is 2. The number of hydrogen-bond donors (Lipinski definition) is 1. The Morgan fingerprint density at radius 2 is 1.65 bits per heavy atom. The first-order chi connectivity index (χ1) is 10.8. The van der Waals surface area contributed by atoms with Gasteiger partial charge in [0, 0.05) is 12.5 Å². The van der Waals surface area contributed by atoms with E-state index in [2.05, 4.69) is 9.98 Å². The van der Waals surface area contributed by atoms with Gasteiger partial charge in [-0.3, -0.25) is 9.36 Å². The molecule has 3 aliphatic rings. The first-order valence-corrected chi connectivity index (χ1v) is 7.23. The molecule has 1 N–H and O–H groups in total. The number of fused-ring (bicyclic) bond motifs is 1. The average Bonchev–Trinajstić information content (AvgIpc) is 3.25. The first-order valence-electron chi connectivity index (χ1n) is 7.23. The van der Waals surface area contributed by atoms with Gasteiger partial charge in [0.15, 0.2) is 0 Å². The van der Waals surface area contributed by atoms with E-state index in [1.54, 1.807) is 4.57 Å². The van der Waals surface area contributed by atoms with Crippen LogP contribution in [0, 0.1) is 63.7 Å². The molecule has 0 unspecified atom stereocenters. The largest absolute Gasteiger partial charge is 2.00 e. The Bertz CT molecular complexity index is 668. The van der Waals surface area contributed by atoms with Crippen molar-refractivity contribution in [1.82, 2.24) is 9.55 Å². The van der Waals surface area contributed by atoms with Crippen molar-refractivity contribution in [2.45, 2.75) is 6.54 Å². The summed E-state index contributed by atoms with van der Waals surface area (Å²) in [4.78, 5) is 19.5. The zero-order valence-corrected chi connectivity index (χ0v) is 13.6. The predicted octanol–water partition coefficient (Wildman–Crippen LogP) is 0.571. The molecule has 0 atom stereocenters. The van der Waals surface area contributed by atoms with Crippen molar-refractivity contribution in [1.29, 1.82) is 0 Å². The van der Waals surface area contributed by atoms with Crippen LogP contribution in [0.2, 0.25) is 0 Å². The van der Waals surface area contributed by atoms with Gasteiger partial charge in [-0.05, 0) is 63.9 Å². The molecule has 0 saturated heterocycles. The van der Waals surface area contributed by atoms with Gasteiger partial charge in [0.25, 0.3) is 5.56 Å². The van der Waals surface area contributed by atoms with Crippen molar-refractivity contribution < 1.29 is 17.1 Å². The molecule has 2 fully saturated rings. The number of imidazole rings is 1. The molecule has 2 heterocycles. The summed E-state index contributed by atoms with van der Waals surface area (Å²) < 4.78 is 1.65. The van der Waals surface area contributed by atoms with Crippen LogP contribution < -0.4 is 16.5 Å². The normalized spacial score (nSPS) is 21.0. The summed E-state index contributed by atoms with van der Waals surface area (Å²) in [5.41, 5.74) is 0.634. The van der Waals surface area contributed by atoms with Gasteiger partial charge < -0.3 is 4.98 Å². The molecular formula is C18H17FeN3O+2. The smallest absolute Gasteiger partial charge is 0.321 e. The van der Waals surface area contributed by atoms with Crippen LogP contribution in [0.3, 0.4) is 0 Å². The average molecular weight is 347 g/mol. The van der Waals surface area contributed by atoms with E-state index in [0.717, 1.165) is 5.92 Å². The Morgan fingerprint density at radius 1 is 1.00 bits per heavy atom. The van der Waals surface area contributed by atoms with E-state index in [4.69, 9.17) is 0 Å². The number of rotatable bonds is 1. The maximum absolute atomic E-state index is 12.1. The molecular weight excluding hydrogens is 330 g/mol. The van der Waals surface area contributed by atoms with Gasteiger partial charge in [-0.15, -0.1) is 0 Å². The van der Waals surface area contributed by atoms with E-state index in [1.165, 1.54) is 0 Å². The van der Waals surface area contributed by atoms with Crippen molar-refractivity contribution in [2.24, 2.45) is 4.99 Å². The van der Waals surface area contributed by atoms with E-state index in [9.17, 15) is 4.79 Å². The summed E-state index contributed by atoms with van der Waals surface area (Å²) in [6.07, 6.45) is 23.6. The second-order valence-electron chi connectivity index (χ2n) is 4.91. The molecule has 0 amide bonds. The quantitative estimate of drug-likeness (QED) is 0.586. The standard InChI is InChI=1S/C13H12N3O.C5H5.Fe/c17-12-11(9-10-5-1-2-6-10)15-13-14-7-3-4-8-16(12)13;1-2-4-5-3-1;/h1-6,9H,7-8H2,(H,14,15);1-5H;/q;;+2/b11-9-;;. The second kappa shape index (κ2) is 9.29. The minimum absolute atomic E-state index is 0. The van der Waals surface area contributed by atoms with Crippen LogP contribution in [-0.4, -0.2) is 16.1 Å². The third kappa shape index (κ3) is 4.95. The molecule has 0 bridgehead atoms. The van der Waals surface area contributed by atoms with Gasteiger partial charge in [-0.25, -0.2) is 4.99 Å². The summed E-state index contributed by atoms with van der Waals surface area (Å²) >= 11 is 0. The minimum atomic E-state index is -0.0171. The molecule has 116 valence electrons. The van der Waals surface area contributed by atoms with Crippen molar-refractivity contribution in [3.8, 4) is 0 Å². The molecule has 2 aliphatic carbocycles. The van der Waals surface area contributed by atoms with Gasteiger partial charge >= 0.3 is 17.1 Å². The monoisotopic (exact) mass is 347 g/mol. The Balaban J connectivity index is 0.000000276. The number of hydrogen-bond acceptors (Lipinski definition) is 2. The van der Waals surface area contributed by atoms with Crippen LogP contribution in [0.25, 0.3) is 6.08 Å². The van der Waals surface area contributed by atoms with Crippen LogP contribution in [0.4, 0.5) is 0 Å². The van der Waals surface area contributed by atoms with E-state index >= 15 is 0 Å². The summed E-state index contributed by atoms with van der Waals surface area (Å²) in [6, 6.07) is 0. The van der Waals surface area contributed by atoms with Gasteiger partial charge in [0.1, 0.15) is 5.35 Å². The van der Waals surface area contributed by atoms with Crippen LogP contribution in [0.1, 0.15) is 0 Å².